The summed E-state index contributed by atoms with van der Waals surface area (Å²) in [6.07, 6.45) is 2.15. The number of rotatable bonds is 5. The smallest absolute Gasteiger partial charge is 0.265 e. The van der Waals surface area contributed by atoms with E-state index >= 15 is 0 Å². The quantitative estimate of drug-likeness (QED) is 0.815. The van der Waals surface area contributed by atoms with Crippen molar-refractivity contribution in [3.8, 4) is 0 Å². The Kier molecular flexibility index (Phi) is 5.09. The average molecular weight is 349 g/mol. The summed E-state index contributed by atoms with van der Waals surface area (Å²) < 4.78 is 7.92. The van der Waals surface area contributed by atoms with Crippen molar-refractivity contribution in [2.24, 2.45) is 0 Å². The van der Waals surface area contributed by atoms with Gasteiger partial charge in [-0.2, -0.15) is 0 Å². The SMILES string of the molecule is Nc1c(C(=O)NC[C@@H]2CCCO2)sc(=S)n1Cc1ccccc1. The third kappa shape index (κ3) is 3.80. The molecule has 0 unspecified atom stereocenters. The number of nitrogen functional groups attached to an aromatic ring is 1. The van der Waals surface area contributed by atoms with Gasteiger partial charge in [-0.3, -0.25) is 4.79 Å². The van der Waals surface area contributed by atoms with E-state index in [1.165, 1.54) is 11.3 Å². The number of thiazole rings is 1. The Balaban J connectivity index is 1.71. The van der Waals surface area contributed by atoms with Gasteiger partial charge in [-0.25, -0.2) is 0 Å². The topological polar surface area (TPSA) is 69.3 Å². The second-order valence-electron chi connectivity index (χ2n) is 5.50. The van der Waals surface area contributed by atoms with Crippen molar-refractivity contribution in [1.29, 1.82) is 0 Å². The maximum atomic E-state index is 12.3. The van der Waals surface area contributed by atoms with Crippen LogP contribution in [0.15, 0.2) is 30.3 Å². The number of carbonyl (C=O) groups excluding carboxylic acids is 1. The molecule has 1 aliphatic heterocycles. The van der Waals surface area contributed by atoms with Gasteiger partial charge in [0, 0.05) is 13.2 Å². The number of hydrogen-bond donors (Lipinski definition) is 2. The Labute approximate surface area is 144 Å². The highest BCUT2D eigenvalue weighted by molar-refractivity contribution is 7.73. The molecule has 1 atom stereocenters. The zero-order valence-corrected chi connectivity index (χ0v) is 14.3. The highest BCUT2D eigenvalue weighted by atomic mass is 32.1. The van der Waals surface area contributed by atoms with Crippen LogP contribution in [0.2, 0.25) is 0 Å². The zero-order chi connectivity index (χ0) is 16.2. The summed E-state index contributed by atoms with van der Waals surface area (Å²) in [6, 6.07) is 9.92. The Bertz CT molecular complexity index is 734. The first-order chi connectivity index (χ1) is 11.1. The Morgan fingerprint density at radius 1 is 1.43 bits per heavy atom. The monoisotopic (exact) mass is 349 g/mol. The molecule has 0 radical (unpaired) electrons. The summed E-state index contributed by atoms with van der Waals surface area (Å²) >= 11 is 6.62. The molecular formula is C16H19N3O2S2. The van der Waals surface area contributed by atoms with Crippen LogP contribution in [0.5, 0.6) is 0 Å². The predicted octanol–water partition coefficient (Wildman–Crippen LogP) is 2.82. The molecule has 0 aliphatic carbocycles. The molecule has 1 amide bonds. The largest absolute Gasteiger partial charge is 0.384 e. The van der Waals surface area contributed by atoms with Gasteiger partial charge in [-0.1, -0.05) is 41.7 Å². The molecule has 5 nitrogen and oxygen atoms in total. The van der Waals surface area contributed by atoms with E-state index in [-0.39, 0.29) is 12.0 Å². The van der Waals surface area contributed by atoms with Crippen molar-refractivity contribution < 1.29 is 9.53 Å². The second kappa shape index (κ2) is 7.25. The van der Waals surface area contributed by atoms with Gasteiger partial charge >= 0.3 is 0 Å². The number of anilines is 1. The van der Waals surface area contributed by atoms with E-state index in [0.29, 0.717) is 27.7 Å². The third-order valence-corrected chi connectivity index (χ3v) is 5.30. The molecule has 3 rings (SSSR count). The van der Waals surface area contributed by atoms with Crippen molar-refractivity contribution in [3.63, 3.8) is 0 Å². The fourth-order valence-electron chi connectivity index (χ4n) is 2.59. The first-order valence-corrected chi connectivity index (χ1v) is 8.80. The van der Waals surface area contributed by atoms with Crippen LogP contribution < -0.4 is 11.1 Å². The number of nitrogens with zero attached hydrogens (tertiary/aromatic N) is 1. The molecule has 1 aromatic carbocycles. The van der Waals surface area contributed by atoms with E-state index in [1.54, 1.807) is 4.57 Å². The molecule has 7 heteroatoms. The molecule has 3 N–H and O–H groups in total. The Morgan fingerprint density at radius 3 is 2.91 bits per heavy atom. The predicted molar refractivity (Wildman–Crippen MR) is 94.4 cm³/mol. The molecule has 0 saturated carbocycles. The van der Waals surface area contributed by atoms with Gasteiger partial charge in [0.25, 0.3) is 5.91 Å². The van der Waals surface area contributed by atoms with Crippen molar-refractivity contribution in [2.75, 3.05) is 18.9 Å². The molecular weight excluding hydrogens is 330 g/mol. The minimum absolute atomic E-state index is 0.111. The van der Waals surface area contributed by atoms with Crippen LogP contribution in [0.4, 0.5) is 5.82 Å². The van der Waals surface area contributed by atoms with Crippen molar-refractivity contribution >= 4 is 35.3 Å². The van der Waals surface area contributed by atoms with Crippen LogP contribution in [0.25, 0.3) is 0 Å². The molecule has 23 heavy (non-hydrogen) atoms. The van der Waals surface area contributed by atoms with Crippen molar-refractivity contribution in [3.05, 3.63) is 44.7 Å². The van der Waals surface area contributed by atoms with Crippen LogP contribution in [-0.2, 0) is 11.3 Å². The zero-order valence-electron chi connectivity index (χ0n) is 12.7. The number of amides is 1. The van der Waals surface area contributed by atoms with Gasteiger partial charge in [0.15, 0.2) is 3.95 Å². The lowest BCUT2D eigenvalue weighted by Gasteiger charge is -2.10. The van der Waals surface area contributed by atoms with Gasteiger partial charge < -0.3 is 20.4 Å². The Morgan fingerprint density at radius 2 is 2.22 bits per heavy atom. The minimum Gasteiger partial charge on any atom is -0.384 e. The summed E-state index contributed by atoms with van der Waals surface area (Å²) in [7, 11) is 0. The molecule has 0 spiro atoms. The summed E-state index contributed by atoms with van der Waals surface area (Å²) in [4.78, 5) is 12.8. The first kappa shape index (κ1) is 16.2. The highest BCUT2D eigenvalue weighted by Crippen LogP contribution is 2.23. The van der Waals surface area contributed by atoms with Gasteiger partial charge in [0.2, 0.25) is 0 Å². The van der Waals surface area contributed by atoms with E-state index in [4.69, 9.17) is 22.7 Å². The number of aromatic nitrogens is 1. The summed E-state index contributed by atoms with van der Waals surface area (Å²) in [5.74, 6) is 0.245. The van der Waals surface area contributed by atoms with Crippen molar-refractivity contribution in [2.45, 2.75) is 25.5 Å². The van der Waals surface area contributed by atoms with E-state index in [2.05, 4.69) is 5.32 Å². The first-order valence-electron chi connectivity index (χ1n) is 7.58. The third-order valence-electron chi connectivity index (χ3n) is 3.84. The van der Waals surface area contributed by atoms with Crippen LogP contribution in [0.3, 0.4) is 0 Å². The molecule has 0 bridgehead atoms. The van der Waals surface area contributed by atoms with Gasteiger partial charge in [0.1, 0.15) is 10.7 Å². The second-order valence-corrected chi connectivity index (χ2v) is 7.14. The normalized spacial score (nSPS) is 17.3. The lowest BCUT2D eigenvalue weighted by atomic mass is 10.2. The fraction of sp³-hybridized carbons (Fsp3) is 0.375. The van der Waals surface area contributed by atoms with Gasteiger partial charge in [-0.15, -0.1) is 0 Å². The molecule has 2 aromatic rings. The van der Waals surface area contributed by atoms with Gasteiger partial charge in [0.05, 0.1) is 12.6 Å². The fourth-order valence-corrected chi connectivity index (χ4v) is 3.83. The Hall–Kier alpha value is -1.70. The number of ether oxygens (including phenoxy) is 1. The molecule has 1 saturated heterocycles. The summed E-state index contributed by atoms with van der Waals surface area (Å²) in [5, 5.41) is 2.89. The number of nitrogens with one attached hydrogen (secondary N) is 1. The van der Waals surface area contributed by atoms with Crippen LogP contribution in [0, 0.1) is 3.95 Å². The van der Waals surface area contributed by atoms with Crippen LogP contribution in [0.1, 0.15) is 28.1 Å². The van der Waals surface area contributed by atoms with Crippen LogP contribution >= 0.6 is 23.6 Å². The number of hydrogen-bond acceptors (Lipinski definition) is 5. The van der Waals surface area contributed by atoms with Crippen molar-refractivity contribution in [1.82, 2.24) is 9.88 Å². The van der Waals surface area contributed by atoms with E-state index < -0.39 is 0 Å². The highest BCUT2D eigenvalue weighted by Gasteiger charge is 2.20. The molecule has 2 heterocycles. The number of carbonyl (C=O) groups is 1. The summed E-state index contributed by atoms with van der Waals surface area (Å²) in [5.41, 5.74) is 7.25. The van der Waals surface area contributed by atoms with E-state index in [1.807, 2.05) is 30.3 Å². The molecule has 1 aliphatic rings. The maximum absolute atomic E-state index is 12.3. The van der Waals surface area contributed by atoms with Crippen LogP contribution in [-0.4, -0.2) is 29.7 Å². The number of nitrogens with two attached hydrogens (primary N) is 1. The van der Waals surface area contributed by atoms with E-state index in [9.17, 15) is 4.79 Å². The molecule has 122 valence electrons. The minimum atomic E-state index is -0.180. The van der Waals surface area contributed by atoms with Gasteiger partial charge in [-0.05, 0) is 30.6 Å². The summed E-state index contributed by atoms with van der Waals surface area (Å²) in [6.45, 7) is 1.86. The molecule has 1 aromatic heterocycles. The standard InChI is InChI=1S/C16H19N3O2S2/c17-14-13(15(20)18-9-12-7-4-8-21-12)23-16(22)19(14)10-11-5-2-1-3-6-11/h1-3,5-6,12H,4,7-10,17H2,(H,18,20)/t12-/m0/s1. The average Bonchev–Trinajstić information content (AvgIpc) is 3.17. The van der Waals surface area contributed by atoms with E-state index in [0.717, 1.165) is 25.0 Å². The lowest BCUT2D eigenvalue weighted by molar-refractivity contribution is 0.0861. The maximum Gasteiger partial charge on any atom is 0.265 e. The lowest BCUT2D eigenvalue weighted by Crippen LogP contribution is -2.31. The molecule has 1 fully saturated rings. The number of benzene rings is 1.